The number of pyridine rings is 1. The minimum absolute atomic E-state index is 0.623. The lowest BCUT2D eigenvalue weighted by atomic mass is 9.77. The maximum atomic E-state index is 5.20. The van der Waals surface area contributed by atoms with E-state index in [1.807, 2.05) is 6.07 Å². The summed E-state index contributed by atoms with van der Waals surface area (Å²) in [7, 11) is 1.68. The van der Waals surface area contributed by atoms with E-state index >= 15 is 0 Å². The second-order valence-corrected chi connectivity index (χ2v) is 4.85. The van der Waals surface area contributed by atoms with Crippen LogP contribution in [0.1, 0.15) is 24.5 Å². The Morgan fingerprint density at radius 2 is 2.12 bits per heavy atom. The first-order chi connectivity index (χ1) is 7.86. The third-order valence-electron chi connectivity index (χ3n) is 3.99. The van der Waals surface area contributed by atoms with Crippen molar-refractivity contribution in [2.75, 3.05) is 26.7 Å². The van der Waals surface area contributed by atoms with Crippen LogP contribution in [-0.2, 0) is 0 Å². The smallest absolute Gasteiger partial charge is 0.213 e. The number of hydrogen-bond acceptors (Lipinski definition) is 3. The quantitative estimate of drug-likeness (QED) is 0.758. The normalized spacial score (nSPS) is 32.7. The van der Waals surface area contributed by atoms with Gasteiger partial charge in [0.25, 0.3) is 0 Å². The van der Waals surface area contributed by atoms with Gasteiger partial charge in [-0.05, 0) is 37.9 Å². The standard InChI is InChI=1S/C13H18N2O/c1-16-13-4-2-3-12(14-13)11-9-15-7-5-10(11)6-8-15/h2-4,10-11H,5-9H2,1H3. The van der Waals surface area contributed by atoms with Crippen LogP contribution in [0.25, 0.3) is 0 Å². The number of rotatable bonds is 2. The number of piperidine rings is 3. The molecule has 1 aromatic heterocycles. The second kappa shape index (κ2) is 4.06. The first-order valence-electron chi connectivity index (χ1n) is 6.10. The summed E-state index contributed by atoms with van der Waals surface area (Å²) in [4.78, 5) is 7.15. The Balaban J connectivity index is 1.86. The molecule has 3 fully saturated rings. The lowest BCUT2D eigenvalue weighted by Crippen LogP contribution is -2.46. The highest BCUT2D eigenvalue weighted by Gasteiger charge is 2.35. The van der Waals surface area contributed by atoms with Gasteiger partial charge in [0, 0.05) is 24.2 Å². The molecule has 16 heavy (non-hydrogen) atoms. The van der Waals surface area contributed by atoms with Crippen molar-refractivity contribution < 1.29 is 4.74 Å². The second-order valence-electron chi connectivity index (χ2n) is 4.85. The molecular formula is C13H18N2O. The van der Waals surface area contributed by atoms with Gasteiger partial charge in [-0.3, -0.25) is 0 Å². The van der Waals surface area contributed by atoms with Crippen LogP contribution in [-0.4, -0.2) is 36.6 Å². The summed E-state index contributed by atoms with van der Waals surface area (Å²) < 4.78 is 5.20. The number of hydrogen-bond donors (Lipinski definition) is 0. The minimum atomic E-state index is 0.623. The summed E-state index contributed by atoms with van der Waals surface area (Å²) in [6, 6.07) is 6.12. The van der Waals surface area contributed by atoms with Crippen LogP contribution in [0.15, 0.2) is 18.2 Å². The summed E-state index contributed by atoms with van der Waals surface area (Å²) in [6.45, 7) is 3.75. The monoisotopic (exact) mass is 218 g/mol. The molecule has 0 saturated carbocycles. The molecule has 3 saturated heterocycles. The van der Waals surface area contributed by atoms with Crippen molar-refractivity contribution in [2.24, 2.45) is 5.92 Å². The summed E-state index contributed by atoms with van der Waals surface area (Å²) in [5, 5.41) is 0. The number of fused-ring (bicyclic) bond motifs is 3. The van der Waals surface area contributed by atoms with E-state index in [1.165, 1.54) is 38.2 Å². The van der Waals surface area contributed by atoms with Gasteiger partial charge in [-0.25, -0.2) is 4.98 Å². The van der Waals surface area contributed by atoms with Crippen LogP contribution in [0.3, 0.4) is 0 Å². The Hall–Kier alpha value is -1.09. The van der Waals surface area contributed by atoms with Crippen molar-refractivity contribution in [3.63, 3.8) is 0 Å². The van der Waals surface area contributed by atoms with Crippen LogP contribution in [0, 0.1) is 5.92 Å². The first-order valence-corrected chi connectivity index (χ1v) is 6.10. The van der Waals surface area contributed by atoms with Crippen LogP contribution in [0.4, 0.5) is 0 Å². The van der Waals surface area contributed by atoms with Crippen molar-refractivity contribution in [2.45, 2.75) is 18.8 Å². The maximum absolute atomic E-state index is 5.20. The zero-order chi connectivity index (χ0) is 11.0. The van der Waals surface area contributed by atoms with Gasteiger partial charge < -0.3 is 9.64 Å². The Kier molecular flexibility index (Phi) is 2.56. The fourth-order valence-corrected chi connectivity index (χ4v) is 3.05. The van der Waals surface area contributed by atoms with Crippen molar-refractivity contribution >= 4 is 0 Å². The summed E-state index contributed by atoms with van der Waals surface area (Å²) in [6.07, 6.45) is 2.67. The first kappa shape index (κ1) is 10.1. The van der Waals surface area contributed by atoms with Crippen LogP contribution >= 0.6 is 0 Å². The van der Waals surface area contributed by atoms with E-state index in [9.17, 15) is 0 Å². The van der Waals surface area contributed by atoms with Gasteiger partial charge in [0.2, 0.25) is 5.88 Å². The van der Waals surface area contributed by atoms with Gasteiger partial charge in [0.1, 0.15) is 0 Å². The molecule has 3 nitrogen and oxygen atoms in total. The van der Waals surface area contributed by atoms with E-state index in [0.717, 1.165) is 11.8 Å². The molecule has 4 rings (SSSR count). The van der Waals surface area contributed by atoms with E-state index in [-0.39, 0.29) is 0 Å². The molecule has 3 heteroatoms. The van der Waals surface area contributed by atoms with Gasteiger partial charge in [0.05, 0.1) is 7.11 Å². The SMILES string of the molecule is COc1cccc(C2CN3CCC2CC3)n1. The van der Waals surface area contributed by atoms with E-state index in [0.29, 0.717) is 5.92 Å². The van der Waals surface area contributed by atoms with E-state index < -0.39 is 0 Å². The predicted octanol–water partition coefficient (Wildman–Crippen LogP) is 1.90. The molecule has 0 radical (unpaired) electrons. The number of ether oxygens (including phenoxy) is 1. The fraction of sp³-hybridized carbons (Fsp3) is 0.615. The molecule has 2 bridgehead atoms. The summed E-state index contributed by atoms with van der Waals surface area (Å²) in [5.74, 6) is 2.20. The van der Waals surface area contributed by atoms with Crippen molar-refractivity contribution in [1.29, 1.82) is 0 Å². The number of nitrogens with zero attached hydrogens (tertiary/aromatic N) is 2. The molecule has 0 aromatic carbocycles. The Labute approximate surface area is 96.4 Å². The highest BCUT2D eigenvalue weighted by atomic mass is 16.5. The largest absolute Gasteiger partial charge is 0.481 e. The van der Waals surface area contributed by atoms with Gasteiger partial charge in [-0.2, -0.15) is 0 Å². The lowest BCUT2D eigenvalue weighted by Gasteiger charge is -2.44. The summed E-state index contributed by atoms with van der Waals surface area (Å²) >= 11 is 0. The lowest BCUT2D eigenvalue weighted by molar-refractivity contribution is 0.0852. The van der Waals surface area contributed by atoms with Gasteiger partial charge in [0.15, 0.2) is 0 Å². The van der Waals surface area contributed by atoms with E-state index in [4.69, 9.17) is 4.74 Å². The molecule has 1 unspecified atom stereocenters. The van der Waals surface area contributed by atoms with Crippen LogP contribution in [0.2, 0.25) is 0 Å². The molecule has 4 heterocycles. The molecule has 1 atom stereocenters. The van der Waals surface area contributed by atoms with Crippen molar-refractivity contribution in [3.05, 3.63) is 23.9 Å². The predicted molar refractivity (Wildman–Crippen MR) is 62.7 cm³/mol. The molecule has 0 amide bonds. The zero-order valence-electron chi connectivity index (χ0n) is 9.72. The molecular weight excluding hydrogens is 200 g/mol. The molecule has 86 valence electrons. The molecule has 1 aromatic rings. The van der Waals surface area contributed by atoms with Crippen molar-refractivity contribution in [1.82, 2.24) is 9.88 Å². The Morgan fingerprint density at radius 1 is 1.31 bits per heavy atom. The number of aromatic nitrogens is 1. The zero-order valence-corrected chi connectivity index (χ0v) is 9.72. The summed E-state index contributed by atoms with van der Waals surface area (Å²) in [5.41, 5.74) is 1.22. The Morgan fingerprint density at radius 3 is 2.75 bits per heavy atom. The average molecular weight is 218 g/mol. The van der Waals surface area contributed by atoms with Crippen LogP contribution in [0.5, 0.6) is 5.88 Å². The topological polar surface area (TPSA) is 25.4 Å². The highest BCUT2D eigenvalue weighted by Crippen LogP contribution is 2.38. The van der Waals surface area contributed by atoms with Crippen LogP contribution < -0.4 is 4.74 Å². The molecule has 0 N–H and O–H groups in total. The molecule has 3 aliphatic heterocycles. The molecule has 0 spiro atoms. The van der Waals surface area contributed by atoms with Gasteiger partial charge in [-0.1, -0.05) is 6.07 Å². The van der Waals surface area contributed by atoms with Gasteiger partial charge in [-0.15, -0.1) is 0 Å². The van der Waals surface area contributed by atoms with Crippen molar-refractivity contribution in [3.8, 4) is 5.88 Å². The van der Waals surface area contributed by atoms with E-state index in [1.54, 1.807) is 7.11 Å². The van der Waals surface area contributed by atoms with E-state index in [2.05, 4.69) is 22.0 Å². The third kappa shape index (κ3) is 1.69. The maximum Gasteiger partial charge on any atom is 0.213 e. The minimum Gasteiger partial charge on any atom is -0.481 e. The average Bonchev–Trinajstić information content (AvgIpc) is 2.40. The molecule has 0 aliphatic carbocycles. The highest BCUT2D eigenvalue weighted by molar-refractivity contribution is 5.20. The molecule has 3 aliphatic rings. The fourth-order valence-electron chi connectivity index (χ4n) is 3.05. The number of methoxy groups -OCH3 is 1. The third-order valence-corrected chi connectivity index (χ3v) is 3.99. The Bertz CT molecular complexity index is 372. The van der Waals surface area contributed by atoms with Gasteiger partial charge >= 0.3 is 0 Å².